The number of rotatable bonds is 1. The Balaban J connectivity index is 3.86. The third kappa shape index (κ3) is 7.70. The summed E-state index contributed by atoms with van der Waals surface area (Å²) in [5, 5.41) is -0.412. The fraction of sp³-hybridized carbons (Fsp3) is 0.571. The van der Waals surface area contributed by atoms with E-state index >= 15 is 0 Å². The molecule has 0 aromatic carbocycles. The molecule has 0 fully saturated rings. The molecule has 0 spiro atoms. The average Bonchev–Trinajstić information content (AvgIpc) is 1.59. The topological polar surface area (TPSA) is 17.1 Å². The highest BCUT2D eigenvalue weighted by atomic mass is 35.5. The first-order valence-electron chi connectivity index (χ1n) is 2.80. The molecule has 0 heterocycles. The van der Waals surface area contributed by atoms with Gasteiger partial charge in [-0.2, -0.15) is 0 Å². The van der Waals surface area contributed by atoms with Crippen molar-refractivity contribution in [3.8, 4) is 0 Å². The first kappa shape index (κ1) is 8.70. The van der Waals surface area contributed by atoms with E-state index in [9.17, 15) is 4.79 Å². The lowest BCUT2D eigenvalue weighted by Crippen LogP contribution is -1.99. The number of hydrogen-bond acceptors (Lipinski definition) is 1. The molecule has 0 aromatic rings. The molecule has 0 aromatic heterocycles. The maximum Gasteiger partial charge on any atom is 0.244 e. The fourth-order valence-corrected chi connectivity index (χ4v) is 0.379. The summed E-state index contributed by atoms with van der Waals surface area (Å²) in [6, 6.07) is 0. The first-order chi connectivity index (χ1) is 3.92. The van der Waals surface area contributed by atoms with Gasteiger partial charge in [0.25, 0.3) is 0 Å². The van der Waals surface area contributed by atoms with Gasteiger partial charge in [-0.05, 0) is 23.1 Å². The summed E-state index contributed by atoms with van der Waals surface area (Å²) in [5.41, 5.74) is 0.0462. The SMILES string of the molecule is CC(C)(C)C=CC(=O)Cl. The largest absolute Gasteiger partial charge is 0.276 e. The van der Waals surface area contributed by atoms with Crippen LogP contribution in [0, 0.1) is 5.41 Å². The molecule has 0 aliphatic heterocycles. The number of hydrogen-bond donors (Lipinski definition) is 0. The van der Waals surface area contributed by atoms with Crippen LogP contribution < -0.4 is 0 Å². The van der Waals surface area contributed by atoms with Gasteiger partial charge in [0.05, 0.1) is 0 Å². The number of allylic oxidation sites excluding steroid dienone is 2. The van der Waals surface area contributed by atoms with Gasteiger partial charge in [-0.3, -0.25) is 4.79 Å². The summed E-state index contributed by atoms with van der Waals surface area (Å²) in [7, 11) is 0. The molecule has 0 aliphatic carbocycles. The van der Waals surface area contributed by atoms with Gasteiger partial charge in [0.2, 0.25) is 5.24 Å². The Morgan fingerprint density at radius 1 is 1.44 bits per heavy atom. The van der Waals surface area contributed by atoms with Crippen molar-refractivity contribution in [3.63, 3.8) is 0 Å². The van der Waals surface area contributed by atoms with Crippen LogP contribution >= 0.6 is 11.6 Å². The van der Waals surface area contributed by atoms with E-state index < -0.39 is 5.24 Å². The molecule has 0 aliphatic rings. The molecular formula is C7H11ClO. The van der Waals surface area contributed by atoms with Crippen molar-refractivity contribution in [2.45, 2.75) is 20.8 Å². The summed E-state index contributed by atoms with van der Waals surface area (Å²) in [6.45, 7) is 6.01. The average molecular weight is 147 g/mol. The summed E-state index contributed by atoms with van der Waals surface area (Å²) in [4.78, 5) is 10.2. The molecule has 0 rings (SSSR count). The van der Waals surface area contributed by atoms with E-state index in [0.29, 0.717) is 0 Å². The van der Waals surface area contributed by atoms with Crippen LogP contribution in [0.15, 0.2) is 12.2 Å². The summed E-state index contributed by atoms with van der Waals surface area (Å²) >= 11 is 5.06. The van der Waals surface area contributed by atoms with Crippen LogP contribution in [0.1, 0.15) is 20.8 Å². The van der Waals surface area contributed by atoms with Crippen LogP contribution in [0.25, 0.3) is 0 Å². The molecule has 2 heteroatoms. The zero-order valence-corrected chi connectivity index (χ0v) is 6.70. The second-order valence-corrected chi connectivity index (χ2v) is 3.38. The second-order valence-electron chi connectivity index (χ2n) is 3.00. The van der Waals surface area contributed by atoms with Crippen molar-refractivity contribution in [1.29, 1.82) is 0 Å². The minimum Gasteiger partial charge on any atom is -0.276 e. The zero-order valence-electron chi connectivity index (χ0n) is 5.94. The van der Waals surface area contributed by atoms with Crippen molar-refractivity contribution in [3.05, 3.63) is 12.2 Å². The molecule has 1 nitrogen and oxygen atoms in total. The maximum absolute atomic E-state index is 10.2. The molecule has 0 unspecified atom stereocenters. The van der Waals surface area contributed by atoms with Crippen LogP contribution in [-0.2, 0) is 4.79 Å². The zero-order chi connectivity index (χ0) is 7.49. The van der Waals surface area contributed by atoms with E-state index in [1.54, 1.807) is 6.08 Å². The molecule has 0 atom stereocenters. The van der Waals surface area contributed by atoms with Crippen molar-refractivity contribution in [2.75, 3.05) is 0 Å². The van der Waals surface area contributed by atoms with Crippen molar-refractivity contribution < 1.29 is 4.79 Å². The Kier molecular flexibility index (Phi) is 2.92. The van der Waals surface area contributed by atoms with E-state index in [2.05, 4.69) is 0 Å². The quantitative estimate of drug-likeness (QED) is 0.410. The van der Waals surface area contributed by atoms with E-state index in [1.165, 1.54) is 6.08 Å². The van der Waals surface area contributed by atoms with Gasteiger partial charge in [-0.15, -0.1) is 0 Å². The van der Waals surface area contributed by atoms with Crippen LogP contribution in [0.4, 0.5) is 0 Å². The normalized spacial score (nSPS) is 12.4. The highest BCUT2D eigenvalue weighted by Crippen LogP contribution is 2.14. The monoisotopic (exact) mass is 146 g/mol. The predicted octanol–water partition coefficient (Wildman–Crippen LogP) is 2.35. The summed E-state index contributed by atoms with van der Waals surface area (Å²) in [5.74, 6) is 0. The Bertz CT molecular complexity index is 130. The molecular weight excluding hydrogens is 136 g/mol. The highest BCUT2D eigenvalue weighted by molar-refractivity contribution is 6.66. The molecule has 52 valence electrons. The maximum atomic E-state index is 10.2. The molecule has 0 radical (unpaired) electrons. The van der Waals surface area contributed by atoms with Gasteiger partial charge < -0.3 is 0 Å². The third-order valence-corrected chi connectivity index (χ3v) is 0.840. The number of carbonyl (C=O) groups excluding carboxylic acids is 1. The van der Waals surface area contributed by atoms with Gasteiger partial charge in [-0.25, -0.2) is 0 Å². The van der Waals surface area contributed by atoms with Crippen molar-refractivity contribution in [1.82, 2.24) is 0 Å². The minimum atomic E-state index is -0.412. The third-order valence-electron chi connectivity index (χ3n) is 0.714. The Hall–Kier alpha value is -0.300. The second kappa shape index (κ2) is 3.02. The van der Waals surface area contributed by atoms with Gasteiger partial charge >= 0.3 is 0 Å². The smallest absolute Gasteiger partial charge is 0.244 e. The van der Waals surface area contributed by atoms with Crippen LogP contribution in [0.5, 0.6) is 0 Å². The fourth-order valence-electron chi connectivity index (χ4n) is 0.316. The highest BCUT2D eigenvalue weighted by Gasteiger charge is 2.03. The van der Waals surface area contributed by atoms with E-state index in [4.69, 9.17) is 11.6 Å². The summed E-state index contributed by atoms with van der Waals surface area (Å²) < 4.78 is 0. The number of halogens is 1. The van der Waals surface area contributed by atoms with Gasteiger partial charge in [0.15, 0.2) is 0 Å². The van der Waals surface area contributed by atoms with Crippen molar-refractivity contribution in [2.24, 2.45) is 5.41 Å². The lowest BCUT2D eigenvalue weighted by molar-refractivity contribution is -0.107. The standard InChI is InChI=1S/C7H11ClO/c1-7(2,3)5-4-6(8)9/h4-5H,1-3H3. The first-order valence-corrected chi connectivity index (χ1v) is 3.18. The number of carbonyl (C=O) groups is 1. The Morgan fingerprint density at radius 3 is 2.00 bits per heavy atom. The van der Waals surface area contributed by atoms with Gasteiger partial charge in [-0.1, -0.05) is 26.8 Å². The van der Waals surface area contributed by atoms with E-state index in [0.717, 1.165) is 0 Å². The van der Waals surface area contributed by atoms with Crippen LogP contribution in [0.2, 0.25) is 0 Å². The van der Waals surface area contributed by atoms with Crippen LogP contribution in [0.3, 0.4) is 0 Å². The molecule has 0 bridgehead atoms. The molecule has 0 amide bonds. The Morgan fingerprint density at radius 2 is 1.89 bits per heavy atom. The lowest BCUT2D eigenvalue weighted by atomic mass is 9.97. The minimum absolute atomic E-state index is 0.0462. The molecule has 0 saturated carbocycles. The van der Waals surface area contributed by atoms with Gasteiger partial charge in [0.1, 0.15) is 0 Å². The Labute approximate surface area is 60.7 Å². The van der Waals surface area contributed by atoms with Crippen molar-refractivity contribution >= 4 is 16.8 Å². The predicted molar refractivity (Wildman–Crippen MR) is 39.5 cm³/mol. The lowest BCUT2D eigenvalue weighted by Gasteiger charge is -2.09. The molecule has 0 N–H and O–H groups in total. The summed E-state index contributed by atoms with van der Waals surface area (Å²) in [6.07, 6.45) is 3.16. The van der Waals surface area contributed by atoms with E-state index in [-0.39, 0.29) is 5.41 Å². The van der Waals surface area contributed by atoms with E-state index in [1.807, 2.05) is 20.8 Å². The molecule has 0 saturated heterocycles. The van der Waals surface area contributed by atoms with Crippen LogP contribution in [-0.4, -0.2) is 5.24 Å². The molecule has 9 heavy (non-hydrogen) atoms. The van der Waals surface area contributed by atoms with Gasteiger partial charge in [0, 0.05) is 0 Å².